The zero-order valence-electron chi connectivity index (χ0n) is 11.7. The molecule has 0 bridgehead atoms. The zero-order valence-corrected chi connectivity index (χ0v) is 13.3. The highest BCUT2D eigenvalue weighted by molar-refractivity contribution is 9.10. The smallest absolute Gasteiger partial charge is 0.252 e. The molecule has 1 fully saturated rings. The van der Waals surface area contributed by atoms with E-state index in [9.17, 15) is 4.79 Å². The standard InChI is InChI=1S/C15H21BrN2O/c1-10-4-5-14(16)13(8-10)15(19)17-12-6-7-18(3)11(2)9-12/h4-5,8,11-12H,6-7,9H2,1-3H3,(H,17,19). The summed E-state index contributed by atoms with van der Waals surface area (Å²) in [5.74, 6) is 0.0253. The van der Waals surface area contributed by atoms with Crippen molar-refractivity contribution >= 4 is 21.8 Å². The number of rotatable bonds is 2. The van der Waals surface area contributed by atoms with E-state index in [2.05, 4.69) is 40.1 Å². The maximum Gasteiger partial charge on any atom is 0.252 e. The van der Waals surface area contributed by atoms with Crippen molar-refractivity contribution in [1.29, 1.82) is 0 Å². The van der Waals surface area contributed by atoms with Gasteiger partial charge in [0.2, 0.25) is 0 Å². The summed E-state index contributed by atoms with van der Waals surface area (Å²) in [6, 6.07) is 6.67. The molecule has 1 aromatic rings. The van der Waals surface area contributed by atoms with E-state index in [1.807, 2.05) is 25.1 Å². The summed E-state index contributed by atoms with van der Waals surface area (Å²) in [5.41, 5.74) is 1.83. The van der Waals surface area contributed by atoms with Crippen molar-refractivity contribution in [1.82, 2.24) is 10.2 Å². The van der Waals surface area contributed by atoms with Gasteiger partial charge in [0.05, 0.1) is 5.56 Å². The number of hydrogen-bond donors (Lipinski definition) is 1. The molecule has 3 nitrogen and oxygen atoms in total. The van der Waals surface area contributed by atoms with Gasteiger partial charge in [-0.1, -0.05) is 11.6 Å². The van der Waals surface area contributed by atoms with E-state index in [1.54, 1.807) is 0 Å². The van der Waals surface area contributed by atoms with Crippen LogP contribution in [0, 0.1) is 6.92 Å². The summed E-state index contributed by atoms with van der Waals surface area (Å²) in [5, 5.41) is 3.16. The second-order valence-electron chi connectivity index (χ2n) is 5.51. The fraction of sp³-hybridized carbons (Fsp3) is 0.533. The normalized spacial score (nSPS) is 24.2. The summed E-state index contributed by atoms with van der Waals surface area (Å²) in [4.78, 5) is 14.7. The second kappa shape index (κ2) is 6.06. The van der Waals surface area contributed by atoms with Gasteiger partial charge in [-0.25, -0.2) is 0 Å². The largest absolute Gasteiger partial charge is 0.349 e. The van der Waals surface area contributed by atoms with E-state index >= 15 is 0 Å². The number of nitrogens with one attached hydrogen (secondary N) is 1. The Balaban J connectivity index is 2.03. The minimum atomic E-state index is 0.0253. The number of benzene rings is 1. The minimum Gasteiger partial charge on any atom is -0.349 e. The third kappa shape index (κ3) is 3.57. The molecule has 2 atom stereocenters. The maximum atomic E-state index is 12.3. The molecule has 1 amide bonds. The summed E-state index contributed by atoms with van der Waals surface area (Å²) < 4.78 is 0.858. The van der Waals surface area contributed by atoms with Crippen LogP contribution in [0.4, 0.5) is 0 Å². The van der Waals surface area contributed by atoms with Gasteiger partial charge in [-0.3, -0.25) is 4.79 Å². The van der Waals surface area contributed by atoms with Crippen LogP contribution in [0.15, 0.2) is 22.7 Å². The van der Waals surface area contributed by atoms with Gasteiger partial charge in [-0.2, -0.15) is 0 Å². The number of hydrogen-bond acceptors (Lipinski definition) is 2. The summed E-state index contributed by atoms with van der Waals surface area (Å²) in [7, 11) is 2.14. The molecule has 0 radical (unpaired) electrons. The molecule has 1 aliphatic heterocycles. The monoisotopic (exact) mass is 324 g/mol. The van der Waals surface area contributed by atoms with Crippen LogP contribution in [0.2, 0.25) is 0 Å². The minimum absolute atomic E-state index is 0.0253. The van der Waals surface area contributed by atoms with E-state index in [1.165, 1.54) is 0 Å². The number of likely N-dealkylation sites (tertiary alicyclic amines) is 1. The van der Waals surface area contributed by atoms with Crippen molar-refractivity contribution in [3.05, 3.63) is 33.8 Å². The number of aryl methyl sites for hydroxylation is 1. The number of carbonyl (C=O) groups excluding carboxylic acids is 1. The Morgan fingerprint density at radius 1 is 1.47 bits per heavy atom. The van der Waals surface area contributed by atoms with Gasteiger partial charge in [-0.05, 0) is 61.8 Å². The summed E-state index contributed by atoms with van der Waals surface area (Å²) >= 11 is 3.45. The Bertz CT molecular complexity index is 475. The van der Waals surface area contributed by atoms with Crippen molar-refractivity contribution in [3.8, 4) is 0 Å². The van der Waals surface area contributed by atoms with Gasteiger partial charge < -0.3 is 10.2 Å². The number of piperidine rings is 1. The first-order chi connectivity index (χ1) is 8.97. The van der Waals surface area contributed by atoms with Gasteiger partial charge in [-0.15, -0.1) is 0 Å². The zero-order chi connectivity index (χ0) is 14.0. The summed E-state index contributed by atoms with van der Waals surface area (Å²) in [6.45, 7) is 5.25. The average Bonchev–Trinajstić information content (AvgIpc) is 2.36. The molecule has 0 spiro atoms. The van der Waals surface area contributed by atoms with Crippen LogP contribution >= 0.6 is 15.9 Å². The van der Waals surface area contributed by atoms with Gasteiger partial charge in [0.1, 0.15) is 0 Å². The third-order valence-corrected chi connectivity index (χ3v) is 4.60. The molecule has 1 aliphatic rings. The quantitative estimate of drug-likeness (QED) is 0.907. The van der Waals surface area contributed by atoms with Gasteiger partial charge in [0.25, 0.3) is 5.91 Å². The summed E-state index contributed by atoms with van der Waals surface area (Å²) in [6.07, 6.45) is 2.04. The van der Waals surface area contributed by atoms with E-state index in [-0.39, 0.29) is 11.9 Å². The van der Waals surface area contributed by atoms with E-state index in [4.69, 9.17) is 0 Å². The fourth-order valence-corrected chi connectivity index (χ4v) is 2.92. The first kappa shape index (κ1) is 14.5. The molecule has 1 heterocycles. The molecule has 2 unspecified atom stereocenters. The van der Waals surface area contributed by atoms with Gasteiger partial charge in [0, 0.05) is 23.1 Å². The molecule has 0 saturated carbocycles. The predicted octanol–water partition coefficient (Wildman–Crippen LogP) is 2.97. The lowest BCUT2D eigenvalue weighted by molar-refractivity contribution is 0.0895. The Morgan fingerprint density at radius 2 is 2.21 bits per heavy atom. The first-order valence-corrected chi connectivity index (χ1v) is 7.54. The van der Waals surface area contributed by atoms with Crippen molar-refractivity contribution in [3.63, 3.8) is 0 Å². The second-order valence-corrected chi connectivity index (χ2v) is 6.36. The molecule has 1 N–H and O–H groups in total. The molecule has 4 heteroatoms. The lowest BCUT2D eigenvalue weighted by atomic mass is 9.98. The number of nitrogens with zero attached hydrogens (tertiary/aromatic N) is 1. The average molecular weight is 325 g/mol. The van der Waals surface area contributed by atoms with Crippen molar-refractivity contribution < 1.29 is 4.79 Å². The molecule has 104 valence electrons. The molecule has 0 aromatic heterocycles. The maximum absolute atomic E-state index is 12.3. The highest BCUT2D eigenvalue weighted by Gasteiger charge is 2.24. The third-order valence-electron chi connectivity index (χ3n) is 3.91. The van der Waals surface area contributed by atoms with Crippen LogP contribution in [-0.2, 0) is 0 Å². The van der Waals surface area contributed by atoms with Crippen molar-refractivity contribution in [2.75, 3.05) is 13.6 Å². The number of halogens is 1. The molecule has 0 aliphatic carbocycles. The SMILES string of the molecule is Cc1ccc(Br)c(C(=O)NC2CCN(C)C(C)C2)c1. The van der Waals surface area contributed by atoms with E-state index in [0.717, 1.165) is 35.0 Å². The first-order valence-electron chi connectivity index (χ1n) is 6.74. The fourth-order valence-electron chi connectivity index (χ4n) is 2.50. The lowest BCUT2D eigenvalue weighted by Gasteiger charge is -2.35. The van der Waals surface area contributed by atoms with Crippen LogP contribution in [0.1, 0.15) is 35.7 Å². The van der Waals surface area contributed by atoms with Crippen LogP contribution in [-0.4, -0.2) is 36.5 Å². The Labute approximate surface area is 123 Å². The number of carbonyl (C=O) groups is 1. The lowest BCUT2D eigenvalue weighted by Crippen LogP contribution is -2.47. The van der Waals surface area contributed by atoms with Crippen LogP contribution in [0.5, 0.6) is 0 Å². The molecule has 1 aromatic carbocycles. The molecule has 19 heavy (non-hydrogen) atoms. The highest BCUT2D eigenvalue weighted by Crippen LogP contribution is 2.20. The molecular weight excluding hydrogens is 304 g/mol. The van der Waals surface area contributed by atoms with Crippen molar-refractivity contribution in [2.24, 2.45) is 0 Å². The Hall–Kier alpha value is -0.870. The number of amides is 1. The predicted molar refractivity (Wildman–Crippen MR) is 81.5 cm³/mol. The van der Waals surface area contributed by atoms with Crippen LogP contribution < -0.4 is 5.32 Å². The Kier molecular flexibility index (Phi) is 4.63. The van der Waals surface area contributed by atoms with Crippen LogP contribution in [0.3, 0.4) is 0 Å². The van der Waals surface area contributed by atoms with Crippen LogP contribution in [0.25, 0.3) is 0 Å². The Morgan fingerprint density at radius 3 is 2.89 bits per heavy atom. The highest BCUT2D eigenvalue weighted by atomic mass is 79.9. The molecule has 2 rings (SSSR count). The van der Waals surface area contributed by atoms with Crippen molar-refractivity contribution in [2.45, 2.75) is 38.8 Å². The van der Waals surface area contributed by atoms with Gasteiger partial charge in [0.15, 0.2) is 0 Å². The van der Waals surface area contributed by atoms with E-state index in [0.29, 0.717) is 6.04 Å². The van der Waals surface area contributed by atoms with Gasteiger partial charge >= 0.3 is 0 Å². The molecule has 1 saturated heterocycles. The topological polar surface area (TPSA) is 32.3 Å². The molecular formula is C15H21BrN2O. The van der Waals surface area contributed by atoms with E-state index < -0.39 is 0 Å².